The number of hydrogen-bond donors (Lipinski definition) is 2. The number of hydrogen-bond acceptors (Lipinski definition) is 2. The van der Waals surface area contributed by atoms with Crippen LogP contribution in [-0.4, -0.2) is 11.9 Å². The maximum absolute atomic E-state index is 12.1. The minimum atomic E-state index is -0.528. The third-order valence-electron chi connectivity index (χ3n) is 3.37. The molecular formula is C17H19ClN2O. The molecule has 0 bridgehead atoms. The first kappa shape index (κ1) is 15.5. The van der Waals surface area contributed by atoms with E-state index >= 15 is 0 Å². The van der Waals surface area contributed by atoms with E-state index in [0.29, 0.717) is 11.4 Å². The number of benzene rings is 2. The van der Waals surface area contributed by atoms with Gasteiger partial charge in [0, 0.05) is 10.7 Å². The molecule has 2 aromatic rings. The molecule has 0 spiro atoms. The summed E-state index contributed by atoms with van der Waals surface area (Å²) in [5, 5.41) is 3.50. The van der Waals surface area contributed by atoms with Gasteiger partial charge in [-0.1, -0.05) is 41.9 Å². The van der Waals surface area contributed by atoms with E-state index in [9.17, 15) is 4.79 Å². The summed E-state index contributed by atoms with van der Waals surface area (Å²) >= 11 is 5.90. The molecule has 0 heterocycles. The van der Waals surface area contributed by atoms with Crippen LogP contribution >= 0.6 is 11.6 Å². The summed E-state index contributed by atoms with van der Waals surface area (Å²) in [6.07, 6.45) is 1.40. The van der Waals surface area contributed by atoms with Crippen LogP contribution in [0.25, 0.3) is 0 Å². The number of amides is 1. The molecule has 2 aromatic carbocycles. The van der Waals surface area contributed by atoms with Gasteiger partial charge < -0.3 is 11.1 Å². The summed E-state index contributed by atoms with van der Waals surface area (Å²) in [5.74, 6) is -0.170. The fourth-order valence-corrected chi connectivity index (χ4v) is 2.32. The van der Waals surface area contributed by atoms with E-state index < -0.39 is 6.04 Å². The number of nitrogens with two attached hydrogens (primary N) is 1. The van der Waals surface area contributed by atoms with Crippen LogP contribution in [0.15, 0.2) is 48.5 Å². The number of nitrogens with one attached hydrogen (secondary N) is 1. The van der Waals surface area contributed by atoms with Gasteiger partial charge in [0.2, 0.25) is 5.91 Å². The van der Waals surface area contributed by atoms with E-state index in [1.54, 1.807) is 12.1 Å². The van der Waals surface area contributed by atoms with Gasteiger partial charge in [-0.15, -0.1) is 0 Å². The van der Waals surface area contributed by atoms with Crippen molar-refractivity contribution in [3.8, 4) is 0 Å². The third-order valence-corrected chi connectivity index (χ3v) is 3.61. The van der Waals surface area contributed by atoms with E-state index in [2.05, 4.69) is 5.32 Å². The quantitative estimate of drug-likeness (QED) is 0.887. The molecule has 21 heavy (non-hydrogen) atoms. The molecule has 3 N–H and O–H groups in total. The van der Waals surface area contributed by atoms with Crippen LogP contribution in [0.2, 0.25) is 5.02 Å². The summed E-state index contributed by atoms with van der Waals surface area (Å²) in [6.45, 7) is 1.90. The average molecular weight is 303 g/mol. The molecule has 3 nitrogen and oxygen atoms in total. The Morgan fingerprint density at radius 2 is 1.95 bits per heavy atom. The largest absolute Gasteiger partial charge is 0.324 e. The van der Waals surface area contributed by atoms with Crippen molar-refractivity contribution < 1.29 is 4.79 Å². The molecule has 0 radical (unpaired) electrons. The van der Waals surface area contributed by atoms with Crippen LogP contribution in [0.4, 0.5) is 5.69 Å². The zero-order valence-electron chi connectivity index (χ0n) is 12.0. The van der Waals surface area contributed by atoms with Crippen LogP contribution < -0.4 is 11.1 Å². The zero-order valence-corrected chi connectivity index (χ0v) is 12.7. The molecule has 0 aliphatic rings. The second-order valence-corrected chi connectivity index (χ2v) is 5.52. The van der Waals surface area contributed by atoms with Crippen LogP contribution in [0.1, 0.15) is 17.5 Å². The van der Waals surface area contributed by atoms with Crippen molar-refractivity contribution >= 4 is 23.2 Å². The van der Waals surface area contributed by atoms with Gasteiger partial charge in [-0.25, -0.2) is 0 Å². The molecule has 0 aromatic heterocycles. The van der Waals surface area contributed by atoms with E-state index in [0.717, 1.165) is 17.7 Å². The van der Waals surface area contributed by atoms with Crippen LogP contribution in [0, 0.1) is 6.92 Å². The Morgan fingerprint density at radius 1 is 1.24 bits per heavy atom. The minimum absolute atomic E-state index is 0.170. The summed E-state index contributed by atoms with van der Waals surface area (Å²) < 4.78 is 0. The normalized spacial score (nSPS) is 12.0. The predicted octanol–water partition coefficient (Wildman–Crippen LogP) is 3.55. The SMILES string of the molecule is Cc1cc(Cl)ccc1NC(=O)[C@@H](N)CCc1ccccc1. The monoisotopic (exact) mass is 302 g/mol. The Morgan fingerprint density at radius 3 is 2.62 bits per heavy atom. The summed E-state index contributed by atoms with van der Waals surface area (Å²) in [7, 11) is 0. The van der Waals surface area contributed by atoms with E-state index in [1.165, 1.54) is 5.56 Å². The molecular weight excluding hydrogens is 284 g/mol. The van der Waals surface area contributed by atoms with Gasteiger partial charge >= 0.3 is 0 Å². The van der Waals surface area contributed by atoms with Crippen molar-refractivity contribution in [1.29, 1.82) is 0 Å². The number of rotatable bonds is 5. The maximum atomic E-state index is 12.1. The highest BCUT2D eigenvalue weighted by molar-refractivity contribution is 6.30. The van der Waals surface area contributed by atoms with E-state index in [4.69, 9.17) is 17.3 Å². The molecule has 0 unspecified atom stereocenters. The molecule has 2 rings (SSSR count). The fraction of sp³-hybridized carbons (Fsp3) is 0.235. The van der Waals surface area contributed by atoms with Gasteiger partial charge in [-0.2, -0.15) is 0 Å². The Balaban J connectivity index is 1.90. The molecule has 0 saturated carbocycles. The second-order valence-electron chi connectivity index (χ2n) is 5.08. The Bertz CT molecular complexity index is 613. The highest BCUT2D eigenvalue weighted by atomic mass is 35.5. The molecule has 110 valence electrons. The Kier molecular flexibility index (Phi) is 5.37. The van der Waals surface area contributed by atoms with Crippen molar-refractivity contribution in [2.24, 2.45) is 5.73 Å². The predicted molar refractivity (Wildman–Crippen MR) is 87.6 cm³/mol. The molecule has 1 amide bonds. The van der Waals surface area contributed by atoms with Crippen molar-refractivity contribution in [2.45, 2.75) is 25.8 Å². The smallest absolute Gasteiger partial charge is 0.241 e. The minimum Gasteiger partial charge on any atom is -0.324 e. The molecule has 1 atom stereocenters. The number of anilines is 1. The van der Waals surface area contributed by atoms with Gasteiger partial charge in [0.1, 0.15) is 0 Å². The molecule has 0 aliphatic carbocycles. The number of carbonyl (C=O) groups is 1. The van der Waals surface area contributed by atoms with Gasteiger partial charge in [0.25, 0.3) is 0 Å². The first-order valence-electron chi connectivity index (χ1n) is 6.93. The van der Waals surface area contributed by atoms with Crippen LogP contribution in [0.3, 0.4) is 0 Å². The third kappa shape index (κ3) is 4.59. The van der Waals surface area contributed by atoms with Gasteiger partial charge in [-0.05, 0) is 49.1 Å². The van der Waals surface area contributed by atoms with Gasteiger partial charge in [0.15, 0.2) is 0 Å². The van der Waals surface area contributed by atoms with E-state index in [-0.39, 0.29) is 5.91 Å². The van der Waals surface area contributed by atoms with Crippen LogP contribution in [0.5, 0.6) is 0 Å². The first-order valence-corrected chi connectivity index (χ1v) is 7.30. The number of halogens is 1. The number of aryl methyl sites for hydroxylation is 2. The summed E-state index contributed by atoms with van der Waals surface area (Å²) in [6, 6.07) is 14.8. The lowest BCUT2D eigenvalue weighted by atomic mass is 10.1. The van der Waals surface area contributed by atoms with Crippen molar-refractivity contribution in [2.75, 3.05) is 5.32 Å². The first-order chi connectivity index (χ1) is 10.1. The topological polar surface area (TPSA) is 55.1 Å². The van der Waals surface area contributed by atoms with Gasteiger partial charge in [-0.3, -0.25) is 4.79 Å². The van der Waals surface area contributed by atoms with Crippen molar-refractivity contribution in [1.82, 2.24) is 0 Å². The lowest BCUT2D eigenvalue weighted by Gasteiger charge is -2.14. The Labute approximate surface area is 130 Å². The molecule has 0 aliphatic heterocycles. The van der Waals surface area contributed by atoms with Gasteiger partial charge in [0.05, 0.1) is 6.04 Å². The molecule has 0 fully saturated rings. The number of carbonyl (C=O) groups excluding carboxylic acids is 1. The standard InChI is InChI=1S/C17H19ClN2O/c1-12-11-14(18)8-10-16(12)20-17(21)15(19)9-7-13-5-3-2-4-6-13/h2-6,8,10-11,15H,7,9,19H2,1H3,(H,20,21)/t15-/m0/s1. The Hall–Kier alpha value is -1.84. The lowest BCUT2D eigenvalue weighted by Crippen LogP contribution is -2.36. The highest BCUT2D eigenvalue weighted by Gasteiger charge is 2.14. The average Bonchev–Trinajstić information content (AvgIpc) is 2.48. The second kappa shape index (κ2) is 7.25. The molecule has 4 heteroatoms. The van der Waals surface area contributed by atoms with Crippen LogP contribution in [-0.2, 0) is 11.2 Å². The molecule has 0 saturated heterocycles. The summed E-state index contributed by atoms with van der Waals surface area (Å²) in [5.41, 5.74) is 8.81. The van der Waals surface area contributed by atoms with Crippen molar-refractivity contribution in [3.05, 3.63) is 64.7 Å². The lowest BCUT2D eigenvalue weighted by molar-refractivity contribution is -0.117. The summed E-state index contributed by atoms with van der Waals surface area (Å²) in [4.78, 5) is 12.1. The zero-order chi connectivity index (χ0) is 15.2. The fourth-order valence-electron chi connectivity index (χ4n) is 2.09. The highest BCUT2D eigenvalue weighted by Crippen LogP contribution is 2.19. The van der Waals surface area contributed by atoms with Crippen molar-refractivity contribution in [3.63, 3.8) is 0 Å². The maximum Gasteiger partial charge on any atom is 0.241 e. The van der Waals surface area contributed by atoms with E-state index in [1.807, 2.05) is 43.3 Å².